The molecule has 2 aromatic rings. The zero-order chi connectivity index (χ0) is 12.3. The van der Waals surface area contributed by atoms with Crippen molar-refractivity contribution in [3.05, 3.63) is 41.2 Å². The van der Waals surface area contributed by atoms with E-state index in [9.17, 15) is 0 Å². The summed E-state index contributed by atoms with van der Waals surface area (Å²) >= 11 is 11.8. The van der Waals surface area contributed by atoms with Gasteiger partial charge in [0.2, 0.25) is 0 Å². The molecular formula is C12H13ClINS2. The molecule has 92 valence electrons. The van der Waals surface area contributed by atoms with Gasteiger partial charge in [0.1, 0.15) is 0 Å². The molecule has 0 spiro atoms. The van der Waals surface area contributed by atoms with E-state index in [4.69, 9.17) is 11.6 Å². The molecule has 0 saturated heterocycles. The molecule has 2 aromatic heterocycles. The van der Waals surface area contributed by atoms with E-state index >= 15 is 0 Å². The Balaban J connectivity index is 2.24. The van der Waals surface area contributed by atoms with E-state index in [0.29, 0.717) is 0 Å². The number of rotatable bonds is 5. The van der Waals surface area contributed by atoms with Crippen LogP contribution in [0.2, 0.25) is 4.34 Å². The number of hydrogen-bond donors (Lipinski definition) is 1. The van der Waals surface area contributed by atoms with E-state index < -0.39 is 0 Å². The summed E-state index contributed by atoms with van der Waals surface area (Å²) in [7, 11) is 0. The summed E-state index contributed by atoms with van der Waals surface area (Å²) in [5, 5.41) is 5.81. The Hall–Kier alpha value is 0.380. The Morgan fingerprint density at radius 2 is 2.29 bits per heavy atom. The minimum atomic E-state index is 0.284. The summed E-state index contributed by atoms with van der Waals surface area (Å²) in [4.78, 5) is 1.29. The van der Waals surface area contributed by atoms with E-state index in [1.54, 1.807) is 22.7 Å². The minimum Gasteiger partial charge on any atom is -0.306 e. The van der Waals surface area contributed by atoms with E-state index in [-0.39, 0.29) is 6.04 Å². The van der Waals surface area contributed by atoms with Gasteiger partial charge in [0.05, 0.1) is 13.3 Å². The van der Waals surface area contributed by atoms with Gasteiger partial charge >= 0.3 is 0 Å². The molecule has 1 N–H and O–H groups in total. The highest BCUT2D eigenvalue weighted by molar-refractivity contribution is 14.1. The topological polar surface area (TPSA) is 12.0 Å². The third-order valence-corrected chi connectivity index (χ3v) is 5.50. The fourth-order valence-corrected chi connectivity index (χ4v) is 4.19. The zero-order valence-electron chi connectivity index (χ0n) is 9.37. The van der Waals surface area contributed by atoms with E-state index in [2.05, 4.69) is 52.3 Å². The summed E-state index contributed by atoms with van der Waals surface area (Å²) in [6.07, 6.45) is 1.14. The molecule has 0 amide bonds. The van der Waals surface area contributed by atoms with Crippen LogP contribution in [0.15, 0.2) is 23.6 Å². The molecule has 1 atom stereocenters. The number of nitrogens with one attached hydrogen (secondary N) is 1. The summed E-state index contributed by atoms with van der Waals surface area (Å²) in [5.74, 6) is 0. The van der Waals surface area contributed by atoms with Crippen molar-refractivity contribution in [2.45, 2.75) is 19.4 Å². The quantitative estimate of drug-likeness (QED) is 0.687. The van der Waals surface area contributed by atoms with Gasteiger partial charge in [0.25, 0.3) is 0 Å². The molecule has 0 aliphatic carbocycles. The predicted octanol–water partition coefficient (Wildman–Crippen LogP) is 5.16. The minimum absolute atomic E-state index is 0.284. The largest absolute Gasteiger partial charge is 0.306 e. The molecule has 0 aliphatic rings. The van der Waals surface area contributed by atoms with E-state index in [0.717, 1.165) is 17.3 Å². The maximum Gasteiger partial charge on any atom is 0.0931 e. The lowest BCUT2D eigenvalue weighted by atomic mass is 10.1. The molecule has 2 heterocycles. The van der Waals surface area contributed by atoms with E-state index in [1.165, 1.54) is 13.3 Å². The molecular weight excluding hydrogens is 385 g/mol. The fourth-order valence-electron chi connectivity index (χ4n) is 1.63. The van der Waals surface area contributed by atoms with Crippen molar-refractivity contribution < 1.29 is 0 Å². The average Bonchev–Trinajstić information content (AvgIpc) is 2.89. The van der Waals surface area contributed by atoms with Crippen LogP contribution in [0, 0.1) is 2.88 Å². The highest BCUT2D eigenvalue weighted by atomic mass is 127. The summed E-state index contributed by atoms with van der Waals surface area (Å²) < 4.78 is 2.18. The molecule has 1 nitrogen and oxygen atoms in total. The maximum absolute atomic E-state index is 6.02. The van der Waals surface area contributed by atoms with Gasteiger partial charge in [0.15, 0.2) is 0 Å². The Labute approximate surface area is 128 Å². The van der Waals surface area contributed by atoms with Crippen molar-refractivity contribution in [3.8, 4) is 0 Å². The molecule has 0 aromatic carbocycles. The van der Waals surface area contributed by atoms with Crippen molar-refractivity contribution in [2.75, 3.05) is 6.54 Å². The SMILES string of the molecule is CCCNC(c1csc(I)c1)c1ccc(Cl)s1. The molecule has 0 aliphatic heterocycles. The van der Waals surface area contributed by atoms with Gasteiger partial charge in [-0.1, -0.05) is 18.5 Å². The molecule has 0 radical (unpaired) electrons. The van der Waals surface area contributed by atoms with Crippen LogP contribution in [0.4, 0.5) is 0 Å². The molecule has 0 fully saturated rings. The monoisotopic (exact) mass is 397 g/mol. The van der Waals surface area contributed by atoms with Gasteiger partial charge in [-0.25, -0.2) is 0 Å². The first kappa shape index (κ1) is 13.8. The van der Waals surface area contributed by atoms with Crippen LogP contribution in [0.3, 0.4) is 0 Å². The lowest BCUT2D eigenvalue weighted by Gasteiger charge is -2.15. The third kappa shape index (κ3) is 3.67. The van der Waals surface area contributed by atoms with Crippen molar-refractivity contribution in [2.24, 2.45) is 0 Å². The van der Waals surface area contributed by atoms with Gasteiger partial charge in [-0.15, -0.1) is 22.7 Å². The van der Waals surface area contributed by atoms with Gasteiger partial charge < -0.3 is 5.32 Å². The normalized spacial score (nSPS) is 12.9. The van der Waals surface area contributed by atoms with Crippen molar-refractivity contribution in [1.29, 1.82) is 0 Å². The molecule has 2 rings (SSSR count). The second-order valence-corrected chi connectivity index (χ2v) is 8.27. The van der Waals surface area contributed by atoms with E-state index in [1.807, 2.05) is 6.07 Å². The van der Waals surface area contributed by atoms with Crippen LogP contribution in [0.5, 0.6) is 0 Å². The fraction of sp³-hybridized carbons (Fsp3) is 0.333. The molecule has 0 saturated carbocycles. The highest BCUT2D eigenvalue weighted by Gasteiger charge is 2.16. The Morgan fingerprint density at radius 1 is 1.47 bits per heavy atom. The zero-order valence-corrected chi connectivity index (χ0v) is 13.9. The average molecular weight is 398 g/mol. The maximum atomic E-state index is 6.02. The summed E-state index contributed by atoms with van der Waals surface area (Å²) in [6, 6.07) is 6.61. The first-order chi connectivity index (χ1) is 8.20. The highest BCUT2D eigenvalue weighted by Crippen LogP contribution is 2.33. The van der Waals surface area contributed by atoms with Gasteiger partial charge in [-0.05, 0) is 64.7 Å². The van der Waals surface area contributed by atoms with Crippen LogP contribution in [-0.2, 0) is 0 Å². The van der Waals surface area contributed by atoms with Crippen molar-refractivity contribution >= 4 is 56.9 Å². The Bertz CT molecular complexity index is 440. The number of hydrogen-bond acceptors (Lipinski definition) is 3. The van der Waals surface area contributed by atoms with Gasteiger partial charge in [-0.3, -0.25) is 0 Å². The summed E-state index contributed by atoms with van der Waals surface area (Å²) in [5.41, 5.74) is 1.34. The Kier molecular flexibility index (Phi) is 5.29. The van der Waals surface area contributed by atoms with Crippen LogP contribution in [-0.4, -0.2) is 6.54 Å². The second-order valence-electron chi connectivity index (χ2n) is 3.71. The predicted molar refractivity (Wildman–Crippen MR) is 86.5 cm³/mol. The standard InChI is InChI=1S/C12H13ClINS2/c1-2-5-15-12(8-6-11(14)16-7-8)9-3-4-10(13)17-9/h3-4,6-7,12,15H,2,5H2,1H3. The lowest BCUT2D eigenvalue weighted by Crippen LogP contribution is -2.21. The van der Waals surface area contributed by atoms with Crippen molar-refractivity contribution in [1.82, 2.24) is 5.32 Å². The van der Waals surface area contributed by atoms with Gasteiger partial charge in [-0.2, -0.15) is 0 Å². The smallest absolute Gasteiger partial charge is 0.0931 e. The number of halogens is 2. The first-order valence-corrected chi connectivity index (χ1v) is 8.58. The van der Waals surface area contributed by atoms with Crippen LogP contribution >= 0.6 is 56.9 Å². The lowest BCUT2D eigenvalue weighted by molar-refractivity contribution is 0.607. The van der Waals surface area contributed by atoms with Crippen LogP contribution in [0.1, 0.15) is 29.8 Å². The Morgan fingerprint density at radius 3 is 2.82 bits per heavy atom. The molecule has 0 bridgehead atoms. The van der Waals surface area contributed by atoms with Gasteiger partial charge in [0, 0.05) is 4.88 Å². The van der Waals surface area contributed by atoms with Crippen molar-refractivity contribution in [3.63, 3.8) is 0 Å². The molecule has 17 heavy (non-hydrogen) atoms. The second kappa shape index (κ2) is 6.52. The van der Waals surface area contributed by atoms with Crippen LogP contribution < -0.4 is 5.32 Å². The van der Waals surface area contributed by atoms with Crippen LogP contribution in [0.25, 0.3) is 0 Å². The summed E-state index contributed by atoms with van der Waals surface area (Å²) in [6.45, 7) is 3.20. The third-order valence-electron chi connectivity index (χ3n) is 2.40. The molecule has 1 unspecified atom stereocenters. The first-order valence-electron chi connectivity index (χ1n) is 5.43. The number of thiophene rings is 2. The molecule has 5 heteroatoms.